The Balaban J connectivity index is 1.30. The minimum absolute atomic E-state index is 0.0465. The molecule has 1 spiro atoms. The van der Waals surface area contributed by atoms with Crippen molar-refractivity contribution in [2.45, 2.75) is 38.0 Å². The number of amides is 1. The number of ether oxygens (including phenoxy) is 1. The molecule has 0 unspecified atom stereocenters. The number of likely N-dealkylation sites (tertiary alicyclic amines) is 1. The fourth-order valence-electron chi connectivity index (χ4n) is 4.52. The zero-order valence-corrected chi connectivity index (χ0v) is 13.7. The van der Waals surface area contributed by atoms with Crippen LogP contribution in [0, 0.1) is 17.2 Å². The molecule has 1 saturated carbocycles. The average Bonchev–Trinajstić information content (AvgIpc) is 2.95. The lowest BCUT2D eigenvalue weighted by molar-refractivity contribution is -0.144. The number of cyclic esters (lactones) is 1. The van der Waals surface area contributed by atoms with E-state index in [0.717, 1.165) is 44.3 Å². The van der Waals surface area contributed by atoms with Crippen molar-refractivity contribution in [3.05, 3.63) is 35.6 Å². The fraction of sp³-hybridized carbons (Fsp3) is 0.579. The van der Waals surface area contributed by atoms with Gasteiger partial charge in [0.25, 0.3) is 0 Å². The number of halogens is 1. The minimum Gasteiger partial charge on any atom is -0.465 e. The molecule has 3 fully saturated rings. The number of carbonyl (C=O) groups excluding carboxylic acids is 2. The van der Waals surface area contributed by atoms with Gasteiger partial charge in [-0.15, -0.1) is 0 Å². The number of benzene rings is 1. The zero-order chi connectivity index (χ0) is 16.7. The van der Waals surface area contributed by atoms with Gasteiger partial charge >= 0.3 is 5.97 Å². The van der Waals surface area contributed by atoms with E-state index in [0.29, 0.717) is 18.9 Å². The average molecular weight is 331 g/mol. The van der Waals surface area contributed by atoms with Crippen molar-refractivity contribution in [2.75, 3.05) is 19.7 Å². The quantitative estimate of drug-likeness (QED) is 0.783. The van der Waals surface area contributed by atoms with Gasteiger partial charge in [0.2, 0.25) is 5.91 Å². The van der Waals surface area contributed by atoms with E-state index in [1.807, 2.05) is 11.0 Å². The number of hydrogen-bond donors (Lipinski definition) is 0. The Morgan fingerprint density at radius 3 is 2.62 bits per heavy atom. The number of hydrogen-bond acceptors (Lipinski definition) is 3. The minimum atomic E-state index is -0.195. The second-order valence-electron chi connectivity index (χ2n) is 7.60. The first-order valence-corrected chi connectivity index (χ1v) is 8.75. The number of rotatable bonds is 2. The fourth-order valence-corrected chi connectivity index (χ4v) is 4.52. The summed E-state index contributed by atoms with van der Waals surface area (Å²) in [6, 6.07) is 6.79. The van der Waals surface area contributed by atoms with E-state index < -0.39 is 0 Å². The maximum Gasteiger partial charge on any atom is 0.306 e. The van der Waals surface area contributed by atoms with E-state index >= 15 is 0 Å². The third kappa shape index (κ3) is 2.80. The molecule has 0 N–H and O–H groups in total. The number of nitrogens with zero attached hydrogens (tertiary/aromatic N) is 1. The summed E-state index contributed by atoms with van der Waals surface area (Å²) in [7, 11) is 0. The maximum atomic E-state index is 13.4. The van der Waals surface area contributed by atoms with Gasteiger partial charge in [0.1, 0.15) is 5.82 Å². The van der Waals surface area contributed by atoms with Crippen LogP contribution in [0.25, 0.3) is 0 Å². The number of carbonyl (C=O) groups is 2. The van der Waals surface area contributed by atoms with Crippen LogP contribution in [0.2, 0.25) is 0 Å². The van der Waals surface area contributed by atoms with Crippen LogP contribution in [-0.2, 0) is 14.3 Å². The van der Waals surface area contributed by atoms with Gasteiger partial charge in [-0.25, -0.2) is 4.39 Å². The zero-order valence-electron chi connectivity index (χ0n) is 13.7. The van der Waals surface area contributed by atoms with Crippen LogP contribution in [-0.4, -0.2) is 36.5 Å². The summed E-state index contributed by atoms with van der Waals surface area (Å²) in [6.07, 6.45) is 3.80. The Bertz CT molecular complexity index is 660. The van der Waals surface area contributed by atoms with Crippen LogP contribution in [0.5, 0.6) is 0 Å². The Morgan fingerprint density at radius 2 is 2.00 bits per heavy atom. The highest BCUT2D eigenvalue weighted by atomic mass is 19.1. The van der Waals surface area contributed by atoms with E-state index in [-0.39, 0.29) is 29.0 Å². The van der Waals surface area contributed by atoms with Gasteiger partial charge in [0.15, 0.2) is 0 Å². The smallest absolute Gasteiger partial charge is 0.306 e. The van der Waals surface area contributed by atoms with Gasteiger partial charge in [0, 0.05) is 24.4 Å². The first-order valence-electron chi connectivity index (χ1n) is 8.75. The Labute approximate surface area is 141 Å². The van der Waals surface area contributed by atoms with Gasteiger partial charge < -0.3 is 9.64 Å². The number of esters is 1. The van der Waals surface area contributed by atoms with Crippen LogP contribution in [0.1, 0.15) is 43.6 Å². The lowest BCUT2D eigenvalue weighted by Gasteiger charge is -2.45. The van der Waals surface area contributed by atoms with Gasteiger partial charge in [0.05, 0.1) is 13.0 Å². The third-order valence-electron chi connectivity index (χ3n) is 5.89. The van der Waals surface area contributed by atoms with Crippen molar-refractivity contribution in [3.63, 3.8) is 0 Å². The molecule has 2 saturated heterocycles. The van der Waals surface area contributed by atoms with Gasteiger partial charge in [-0.05, 0) is 49.3 Å². The van der Waals surface area contributed by atoms with Gasteiger partial charge in [-0.3, -0.25) is 9.59 Å². The highest BCUT2D eigenvalue weighted by molar-refractivity contribution is 5.81. The maximum absolute atomic E-state index is 13.4. The molecular weight excluding hydrogens is 309 g/mol. The molecule has 1 amide bonds. The summed E-state index contributed by atoms with van der Waals surface area (Å²) in [5.41, 5.74) is 0.975. The summed E-state index contributed by atoms with van der Waals surface area (Å²) in [5, 5.41) is 0. The predicted molar refractivity (Wildman–Crippen MR) is 85.7 cm³/mol. The van der Waals surface area contributed by atoms with Crippen molar-refractivity contribution >= 4 is 11.9 Å². The van der Waals surface area contributed by atoms with Gasteiger partial charge in [-0.1, -0.05) is 12.1 Å². The molecule has 1 aromatic rings. The van der Waals surface area contributed by atoms with E-state index in [1.165, 1.54) is 6.07 Å². The third-order valence-corrected chi connectivity index (χ3v) is 5.89. The lowest BCUT2D eigenvalue weighted by atomic mass is 9.61. The molecule has 1 aromatic carbocycles. The molecule has 2 aliphatic heterocycles. The largest absolute Gasteiger partial charge is 0.465 e. The molecule has 4 nitrogen and oxygen atoms in total. The van der Waals surface area contributed by atoms with Crippen molar-refractivity contribution < 1.29 is 18.7 Å². The van der Waals surface area contributed by atoms with E-state index in [9.17, 15) is 14.0 Å². The van der Waals surface area contributed by atoms with Crippen LogP contribution in [0.4, 0.5) is 4.39 Å². The van der Waals surface area contributed by atoms with Crippen molar-refractivity contribution in [1.82, 2.24) is 4.90 Å². The summed E-state index contributed by atoms with van der Waals surface area (Å²) in [4.78, 5) is 25.9. The molecule has 128 valence electrons. The van der Waals surface area contributed by atoms with Crippen LogP contribution < -0.4 is 0 Å². The van der Waals surface area contributed by atoms with E-state index in [1.54, 1.807) is 12.1 Å². The molecule has 3 aliphatic rings. The first-order chi connectivity index (χ1) is 11.5. The van der Waals surface area contributed by atoms with E-state index in [2.05, 4.69) is 0 Å². The predicted octanol–water partition coefficient (Wildman–Crippen LogP) is 2.88. The highest BCUT2D eigenvalue weighted by Gasteiger charge is 2.53. The molecule has 5 heteroatoms. The first kappa shape index (κ1) is 15.6. The van der Waals surface area contributed by atoms with Crippen molar-refractivity contribution in [3.8, 4) is 0 Å². The second kappa shape index (κ2) is 5.87. The molecular formula is C19H22FNO3. The Kier molecular flexibility index (Phi) is 3.82. The Morgan fingerprint density at radius 1 is 1.25 bits per heavy atom. The van der Waals surface area contributed by atoms with Crippen LogP contribution >= 0.6 is 0 Å². The normalized spacial score (nSPS) is 30.3. The topological polar surface area (TPSA) is 46.6 Å². The Hall–Kier alpha value is -1.91. The molecule has 0 atom stereocenters. The summed E-state index contributed by atoms with van der Waals surface area (Å²) in [5.74, 6) is 0.275. The SMILES string of the molecule is O=C1CC2(CO1)CC(C(=O)N1CCC(c3cccc(F)c3)CC1)C2. The van der Waals surface area contributed by atoms with Gasteiger partial charge in [-0.2, -0.15) is 0 Å². The summed E-state index contributed by atoms with van der Waals surface area (Å²) in [6.45, 7) is 1.95. The second-order valence-corrected chi connectivity index (χ2v) is 7.60. The standard InChI is InChI=1S/C19H22FNO3/c20-16-3-1-2-14(8-16)13-4-6-21(7-5-13)18(23)15-9-19(10-15)11-17(22)24-12-19/h1-3,8,13,15H,4-7,9-12H2. The van der Waals surface area contributed by atoms with Crippen molar-refractivity contribution in [2.24, 2.45) is 11.3 Å². The summed E-state index contributed by atoms with van der Waals surface area (Å²) < 4.78 is 18.4. The summed E-state index contributed by atoms with van der Waals surface area (Å²) >= 11 is 0. The number of piperidine rings is 1. The molecule has 2 heterocycles. The van der Waals surface area contributed by atoms with Crippen molar-refractivity contribution in [1.29, 1.82) is 0 Å². The molecule has 24 heavy (non-hydrogen) atoms. The molecule has 0 bridgehead atoms. The molecule has 0 radical (unpaired) electrons. The van der Waals surface area contributed by atoms with E-state index in [4.69, 9.17) is 4.74 Å². The van der Waals surface area contributed by atoms with Crippen LogP contribution in [0.3, 0.4) is 0 Å². The molecule has 1 aliphatic carbocycles. The van der Waals surface area contributed by atoms with Crippen LogP contribution in [0.15, 0.2) is 24.3 Å². The molecule has 4 rings (SSSR count). The molecule has 0 aromatic heterocycles. The lowest BCUT2D eigenvalue weighted by Crippen LogP contribution is -2.49. The highest BCUT2D eigenvalue weighted by Crippen LogP contribution is 2.52. The monoisotopic (exact) mass is 331 g/mol.